The molecule has 1 heterocycles. The predicted octanol–water partition coefficient (Wildman–Crippen LogP) is 1.52. The molecule has 0 spiro atoms. The zero-order chi connectivity index (χ0) is 21.8. The third kappa shape index (κ3) is 6.20. The highest BCUT2D eigenvalue weighted by Gasteiger charge is 2.37. The van der Waals surface area contributed by atoms with E-state index >= 15 is 0 Å². The van der Waals surface area contributed by atoms with E-state index in [2.05, 4.69) is 10.6 Å². The van der Waals surface area contributed by atoms with E-state index in [0.717, 1.165) is 5.56 Å². The van der Waals surface area contributed by atoms with Crippen molar-refractivity contribution < 1.29 is 28.7 Å². The van der Waals surface area contributed by atoms with Crippen LogP contribution in [0.15, 0.2) is 18.2 Å². The number of nitrogens with zero attached hydrogens (tertiary/aromatic N) is 1. The van der Waals surface area contributed by atoms with E-state index in [1.54, 1.807) is 26.8 Å². The van der Waals surface area contributed by atoms with Crippen molar-refractivity contribution in [3.05, 3.63) is 23.8 Å². The first kappa shape index (κ1) is 22.2. The number of nitrogens with one attached hydrogen (secondary N) is 2. The molecule has 0 unspecified atom stereocenters. The van der Waals surface area contributed by atoms with Crippen LogP contribution < -0.4 is 20.3 Å². The fourth-order valence-electron chi connectivity index (χ4n) is 2.90. The number of urea groups is 1. The van der Waals surface area contributed by atoms with Gasteiger partial charge < -0.3 is 19.7 Å². The summed E-state index contributed by atoms with van der Waals surface area (Å²) < 4.78 is 10.3. The van der Waals surface area contributed by atoms with E-state index in [1.807, 2.05) is 19.1 Å². The van der Waals surface area contributed by atoms with Gasteiger partial charge in [0.2, 0.25) is 5.91 Å². The second kappa shape index (κ2) is 8.93. The molecule has 0 aromatic heterocycles. The molecule has 1 saturated heterocycles. The maximum atomic E-state index is 12.4. The Labute approximate surface area is 169 Å². The van der Waals surface area contributed by atoms with Crippen LogP contribution in [0.4, 0.5) is 10.5 Å². The fourth-order valence-corrected chi connectivity index (χ4v) is 2.90. The molecule has 1 aromatic carbocycles. The summed E-state index contributed by atoms with van der Waals surface area (Å²) in [5.74, 6) is -1.82. The summed E-state index contributed by atoms with van der Waals surface area (Å²) in [6.07, 6.45) is -0.0257. The molecular weight excluding hydrogens is 378 g/mol. The zero-order valence-electron chi connectivity index (χ0n) is 17.3. The lowest BCUT2D eigenvalue weighted by Crippen LogP contribution is -2.49. The van der Waals surface area contributed by atoms with Crippen molar-refractivity contribution in [1.82, 2.24) is 10.6 Å². The molecule has 0 radical (unpaired) electrons. The highest BCUT2D eigenvalue weighted by atomic mass is 16.5. The maximum absolute atomic E-state index is 12.4. The minimum absolute atomic E-state index is 0.0257. The minimum Gasteiger partial charge on any atom is -0.495 e. The minimum atomic E-state index is -0.748. The van der Waals surface area contributed by atoms with Crippen molar-refractivity contribution in [2.45, 2.75) is 39.7 Å². The second-order valence-electron chi connectivity index (χ2n) is 7.94. The van der Waals surface area contributed by atoms with Gasteiger partial charge in [-0.15, -0.1) is 0 Å². The molecule has 2 rings (SSSR count). The molecule has 9 nitrogen and oxygen atoms in total. The average molecular weight is 405 g/mol. The van der Waals surface area contributed by atoms with Crippen LogP contribution in [0.2, 0.25) is 0 Å². The quantitative estimate of drug-likeness (QED) is 0.718. The summed E-state index contributed by atoms with van der Waals surface area (Å²) in [4.78, 5) is 49.6. The largest absolute Gasteiger partial charge is 0.495 e. The van der Waals surface area contributed by atoms with E-state index in [4.69, 9.17) is 9.47 Å². The number of hydrogen-bond acceptors (Lipinski definition) is 6. The van der Waals surface area contributed by atoms with E-state index in [0.29, 0.717) is 11.4 Å². The van der Waals surface area contributed by atoms with E-state index in [9.17, 15) is 19.2 Å². The van der Waals surface area contributed by atoms with Gasteiger partial charge in [-0.25, -0.2) is 4.79 Å². The maximum Gasteiger partial charge on any atom is 0.321 e. The van der Waals surface area contributed by atoms with Gasteiger partial charge in [0.1, 0.15) is 5.75 Å². The van der Waals surface area contributed by atoms with Crippen LogP contribution in [0.5, 0.6) is 5.75 Å². The molecule has 158 valence electrons. The number of benzene rings is 1. The first-order chi connectivity index (χ1) is 13.5. The first-order valence-corrected chi connectivity index (χ1v) is 9.24. The number of aryl methyl sites for hydroxylation is 1. The molecule has 9 heteroatoms. The number of anilines is 1. The van der Waals surface area contributed by atoms with Gasteiger partial charge in [-0.05, 0) is 45.4 Å². The van der Waals surface area contributed by atoms with Crippen molar-refractivity contribution in [1.29, 1.82) is 0 Å². The number of methoxy groups -OCH3 is 1. The number of carbonyl (C=O) groups excluding carboxylic acids is 4. The van der Waals surface area contributed by atoms with Gasteiger partial charge >= 0.3 is 12.0 Å². The van der Waals surface area contributed by atoms with Gasteiger partial charge in [0.15, 0.2) is 6.61 Å². The Hall–Kier alpha value is -3.10. The molecule has 2 N–H and O–H groups in total. The Morgan fingerprint density at radius 3 is 2.55 bits per heavy atom. The summed E-state index contributed by atoms with van der Waals surface area (Å²) in [7, 11) is 1.51. The third-order valence-electron chi connectivity index (χ3n) is 4.17. The summed E-state index contributed by atoms with van der Waals surface area (Å²) in [6, 6.07) is 4.76. The lowest BCUT2D eigenvalue weighted by atomic mass is 10.1. The van der Waals surface area contributed by atoms with E-state index in [-0.39, 0.29) is 18.9 Å². The van der Waals surface area contributed by atoms with Crippen LogP contribution in [0.25, 0.3) is 0 Å². The van der Waals surface area contributed by atoms with Crippen LogP contribution in [0.1, 0.15) is 32.8 Å². The smallest absolute Gasteiger partial charge is 0.321 e. The average Bonchev–Trinajstić information content (AvgIpc) is 2.99. The number of carbonyl (C=O) groups is 4. The van der Waals surface area contributed by atoms with Crippen LogP contribution in [0, 0.1) is 12.8 Å². The van der Waals surface area contributed by atoms with Crippen molar-refractivity contribution >= 4 is 29.5 Å². The highest BCUT2D eigenvalue weighted by Crippen LogP contribution is 2.34. The summed E-state index contributed by atoms with van der Waals surface area (Å²) in [6.45, 7) is 6.72. The summed E-state index contributed by atoms with van der Waals surface area (Å²) in [5.41, 5.74) is 1.03. The van der Waals surface area contributed by atoms with Crippen molar-refractivity contribution in [3.8, 4) is 5.75 Å². The van der Waals surface area contributed by atoms with Crippen LogP contribution in [-0.2, 0) is 19.1 Å². The summed E-state index contributed by atoms with van der Waals surface area (Å²) >= 11 is 0. The molecule has 4 amide bonds. The Morgan fingerprint density at radius 2 is 1.93 bits per heavy atom. The number of esters is 1. The Kier molecular flexibility index (Phi) is 6.84. The Morgan fingerprint density at radius 1 is 1.24 bits per heavy atom. The second-order valence-corrected chi connectivity index (χ2v) is 7.94. The number of hydrogen-bond donors (Lipinski definition) is 2. The van der Waals surface area contributed by atoms with Crippen LogP contribution in [-0.4, -0.2) is 49.6 Å². The topological polar surface area (TPSA) is 114 Å². The predicted molar refractivity (Wildman–Crippen MR) is 106 cm³/mol. The van der Waals surface area contributed by atoms with Crippen LogP contribution >= 0.6 is 0 Å². The lowest BCUT2D eigenvalue weighted by Gasteiger charge is -2.20. The van der Waals surface area contributed by atoms with Gasteiger partial charge in [-0.3, -0.25) is 19.7 Å². The molecule has 1 aliphatic rings. The first-order valence-electron chi connectivity index (χ1n) is 9.24. The van der Waals surface area contributed by atoms with Crippen molar-refractivity contribution in [3.63, 3.8) is 0 Å². The molecular formula is C20H27N3O6. The standard InChI is InChI=1S/C20H27N3O6/c1-12-6-7-15(28-5)14(8-12)23-10-13(9-17(23)25)18(26)29-11-16(24)21-19(27)22-20(2,3)4/h6-8,13H,9-11H2,1-5H3,(H2,21,22,24,27)/t13-/m0/s1. The molecule has 0 saturated carbocycles. The van der Waals surface area contributed by atoms with Crippen molar-refractivity contribution in [2.75, 3.05) is 25.2 Å². The summed E-state index contributed by atoms with van der Waals surface area (Å²) in [5, 5.41) is 4.65. The molecule has 1 atom stereocenters. The molecule has 0 aliphatic carbocycles. The fraction of sp³-hybridized carbons (Fsp3) is 0.500. The van der Waals surface area contributed by atoms with Gasteiger partial charge in [0, 0.05) is 18.5 Å². The third-order valence-corrected chi connectivity index (χ3v) is 4.17. The molecule has 0 bridgehead atoms. The molecule has 1 aromatic rings. The Balaban J connectivity index is 1.92. The zero-order valence-corrected chi connectivity index (χ0v) is 17.3. The number of amides is 4. The number of ether oxygens (including phenoxy) is 2. The Bertz CT molecular complexity index is 815. The van der Waals surface area contributed by atoms with Gasteiger partial charge in [0.25, 0.3) is 5.91 Å². The van der Waals surface area contributed by atoms with E-state index < -0.39 is 36.0 Å². The molecule has 1 aliphatic heterocycles. The number of imide groups is 1. The normalized spacial score (nSPS) is 16.4. The van der Waals surface area contributed by atoms with Gasteiger partial charge in [-0.1, -0.05) is 6.07 Å². The number of rotatable bonds is 5. The molecule has 29 heavy (non-hydrogen) atoms. The van der Waals surface area contributed by atoms with Gasteiger partial charge in [-0.2, -0.15) is 0 Å². The van der Waals surface area contributed by atoms with Crippen LogP contribution in [0.3, 0.4) is 0 Å². The van der Waals surface area contributed by atoms with Gasteiger partial charge in [0.05, 0.1) is 18.7 Å². The SMILES string of the molecule is COc1ccc(C)cc1N1C[C@@H](C(=O)OCC(=O)NC(=O)NC(C)(C)C)CC1=O. The lowest BCUT2D eigenvalue weighted by molar-refractivity contribution is -0.152. The van der Waals surface area contributed by atoms with Crippen molar-refractivity contribution in [2.24, 2.45) is 5.92 Å². The highest BCUT2D eigenvalue weighted by molar-refractivity contribution is 6.01. The monoisotopic (exact) mass is 405 g/mol. The molecule has 1 fully saturated rings. The van der Waals surface area contributed by atoms with E-state index in [1.165, 1.54) is 12.0 Å².